The van der Waals surface area contributed by atoms with Crippen LogP contribution in [0.25, 0.3) is 11.4 Å². The first-order valence-electron chi connectivity index (χ1n) is 9.27. The van der Waals surface area contributed by atoms with Crippen LogP contribution in [-0.2, 0) is 19.4 Å². The number of aromatic nitrogens is 2. The summed E-state index contributed by atoms with van der Waals surface area (Å²) >= 11 is 0. The minimum absolute atomic E-state index is 0.454. The average Bonchev–Trinajstić information content (AvgIpc) is 2.61. The van der Waals surface area contributed by atoms with Gasteiger partial charge in [0.15, 0.2) is 5.82 Å². The highest BCUT2D eigenvalue weighted by atomic mass is 16.5. The summed E-state index contributed by atoms with van der Waals surface area (Å²) < 4.78 is 6.05. The van der Waals surface area contributed by atoms with E-state index in [1.807, 2.05) is 14.0 Å². The third-order valence-electron chi connectivity index (χ3n) is 4.31. The van der Waals surface area contributed by atoms with Crippen molar-refractivity contribution in [3.8, 4) is 17.3 Å². The van der Waals surface area contributed by atoms with Crippen LogP contribution in [0.3, 0.4) is 0 Å². The van der Waals surface area contributed by atoms with Gasteiger partial charge in [-0.15, -0.1) is 0 Å². The third-order valence-corrected chi connectivity index (χ3v) is 4.31. The van der Waals surface area contributed by atoms with Crippen LogP contribution in [0, 0.1) is 12.8 Å². The molecule has 25 heavy (non-hydrogen) atoms. The van der Waals surface area contributed by atoms with E-state index in [1.165, 1.54) is 16.7 Å². The fourth-order valence-electron chi connectivity index (χ4n) is 2.96. The van der Waals surface area contributed by atoms with E-state index in [2.05, 4.69) is 51.2 Å². The number of nitrogens with one attached hydrogen (secondary N) is 1. The SMILES string of the molecule is CCc1cccc(CC)c1-c1nc(C)c(CNC)c(OCC(C)C)n1. The topological polar surface area (TPSA) is 47.0 Å². The van der Waals surface area contributed by atoms with Gasteiger partial charge >= 0.3 is 0 Å². The molecule has 0 aliphatic rings. The van der Waals surface area contributed by atoms with Crippen LogP contribution in [0.1, 0.15) is 50.1 Å². The van der Waals surface area contributed by atoms with Crippen molar-refractivity contribution in [3.63, 3.8) is 0 Å². The molecule has 0 bridgehead atoms. The Bertz CT molecular complexity index is 688. The Balaban J connectivity index is 2.59. The zero-order valence-electron chi connectivity index (χ0n) is 16.4. The number of nitrogens with zero attached hydrogens (tertiary/aromatic N) is 2. The average molecular weight is 341 g/mol. The van der Waals surface area contributed by atoms with Gasteiger partial charge in [0, 0.05) is 23.4 Å². The van der Waals surface area contributed by atoms with Crippen molar-refractivity contribution in [2.75, 3.05) is 13.7 Å². The lowest BCUT2D eigenvalue weighted by Gasteiger charge is -2.17. The quantitative estimate of drug-likeness (QED) is 0.776. The molecule has 1 N–H and O–H groups in total. The van der Waals surface area contributed by atoms with Crippen molar-refractivity contribution >= 4 is 0 Å². The first-order valence-corrected chi connectivity index (χ1v) is 9.27. The molecule has 4 heteroatoms. The largest absolute Gasteiger partial charge is 0.477 e. The summed E-state index contributed by atoms with van der Waals surface area (Å²) in [5, 5.41) is 3.20. The van der Waals surface area contributed by atoms with Crippen molar-refractivity contribution in [2.45, 2.75) is 54.0 Å². The maximum atomic E-state index is 6.05. The molecule has 0 amide bonds. The van der Waals surface area contributed by atoms with E-state index >= 15 is 0 Å². The van der Waals surface area contributed by atoms with Crippen molar-refractivity contribution < 1.29 is 4.74 Å². The molecule has 0 fully saturated rings. The van der Waals surface area contributed by atoms with Gasteiger partial charge in [-0.3, -0.25) is 0 Å². The Morgan fingerprint density at radius 2 is 1.72 bits per heavy atom. The van der Waals surface area contributed by atoms with E-state index in [4.69, 9.17) is 14.7 Å². The van der Waals surface area contributed by atoms with Gasteiger partial charge in [0.05, 0.1) is 6.61 Å². The Labute approximate surface area is 152 Å². The summed E-state index contributed by atoms with van der Waals surface area (Å²) in [5.74, 6) is 1.94. The molecule has 0 aliphatic heterocycles. The smallest absolute Gasteiger partial charge is 0.221 e. The van der Waals surface area contributed by atoms with Crippen LogP contribution in [0.2, 0.25) is 0 Å². The number of aryl methyl sites for hydroxylation is 3. The molecular formula is C21H31N3O. The first kappa shape index (κ1) is 19.4. The Morgan fingerprint density at radius 3 is 2.24 bits per heavy atom. The minimum atomic E-state index is 0.454. The molecule has 0 atom stereocenters. The summed E-state index contributed by atoms with van der Waals surface area (Å²) in [4.78, 5) is 9.67. The Hall–Kier alpha value is -1.94. The second kappa shape index (κ2) is 8.95. The molecule has 2 rings (SSSR count). The summed E-state index contributed by atoms with van der Waals surface area (Å²) in [6.45, 7) is 12.1. The molecule has 136 valence electrons. The summed E-state index contributed by atoms with van der Waals surface area (Å²) in [7, 11) is 1.93. The first-order chi connectivity index (χ1) is 12.0. The van der Waals surface area contributed by atoms with Gasteiger partial charge in [-0.1, -0.05) is 45.9 Å². The molecule has 0 spiro atoms. The predicted octanol–water partition coefficient (Wildman–Crippen LogP) is 4.33. The normalized spacial score (nSPS) is 11.2. The van der Waals surface area contributed by atoms with Crippen LogP contribution < -0.4 is 10.1 Å². The monoisotopic (exact) mass is 341 g/mol. The second-order valence-corrected chi connectivity index (χ2v) is 6.81. The lowest BCUT2D eigenvalue weighted by molar-refractivity contribution is 0.258. The fraction of sp³-hybridized carbons (Fsp3) is 0.524. The minimum Gasteiger partial charge on any atom is -0.477 e. The van der Waals surface area contributed by atoms with Crippen LogP contribution >= 0.6 is 0 Å². The van der Waals surface area contributed by atoms with Gasteiger partial charge < -0.3 is 10.1 Å². The van der Waals surface area contributed by atoms with Gasteiger partial charge in [-0.25, -0.2) is 4.98 Å². The molecule has 4 nitrogen and oxygen atoms in total. The number of hydrogen-bond acceptors (Lipinski definition) is 4. The standard InChI is InChI=1S/C21H31N3O/c1-7-16-10-9-11-17(8-2)19(16)20-23-15(5)18(12-22-6)21(24-20)25-13-14(3)4/h9-11,14,22H,7-8,12-13H2,1-6H3. The zero-order chi connectivity index (χ0) is 18.4. The maximum absolute atomic E-state index is 6.05. The van der Waals surface area contributed by atoms with E-state index in [0.717, 1.165) is 29.9 Å². The molecule has 0 saturated carbocycles. The molecule has 0 saturated heterocycles. The molecule has 1 aromatic carbocycles. The van der Waals surface area contributed by atoms with Crippen molar-refractivity contribution in [1.82, 2.24) is 15.3 Å². The molecule has 0 unspecified atom stereocenters. The molecular weight excluding hydrogens is 310 g/mol. The molecule has 1 heterocycles. The van der Waals surface area contributed by atoms with E-state index in [0.29, 0.717) is 24.9 Å². The Morgan fingerprint density at radius 1 is 1.08 bits per heavy atom. The number of benzene rings is 1. The van der Waals surface area contributed by atoms with Gasteiger partial charge in [0.2, 0.25) is 5.88 Å². The fourth-order valence-corrected chi connectivity index (χ4v) is 2.96. The molecule has 0 radical (unpaired) electrons. The number of rotatable bonds is 8. The lowest BCUT2D eigenvalue weighted by atomic mass is 9.96. The third kappa shape index (κ3) is 4.57. The maximum Gasteiger partial charge on any atom is 0.221 e. The van der Waals surface area contributed by atoms with Crippen LogP contribution in [0.15, 0.2) is 18.2 Å². The van der Waals surface area contributed by atoms with Crippen molar-refractivity contribution in [3.05, 3.63) is 40.6 Å². The molecule has 1 aromatic heterocycles. The number of ether oxygens (including phenoxy) is 1. The van der Waals surface area contributed by atoms with E-state index in [9.17, 15) is 0 Å². The summed E-state index contributed by atoms with van der Waals surface area (Å²) in [5.41, 5.74) is 5.76. The highest BCUT2D eigenvalue weighted by Crippen LogP contribution is 2.30. The highest BCUT2D eigenvalue weighted by molar-refractivity contribution is 5.66. The second-order valence-electron chi connectivity index (χ2n) is 6.81. The van der Waals surface area contributed by atoms with Gasteiger partial charge in [0.1, 0.15) is 0 Å². The Kier molecular flexibility index (Phi) is 6.94. The molecule has 2 aromatic rings. The number of hydrogen-bond donors (Lipinski definition) is 1. The highest BCUT2D eigenvalue weighted by Gasteiger charge is 2.17. The van der Waals surface area contributed by atoms with E-state index in [-0.39, 0.29) is 0 Å². The zero-order valence-corrected chi connectivity index (χ0v) is 16.4. The van der Waals surface area contributed by atoms with E-state index in [1.54, 1.807) is 0 Å². The van der Waals surface area contributed by atoms with Gasteiger partial charge in [-0.05, 0) is 43.9 Å². The summed E-state index contributed by atoms with van der Waals surface area (Å²) in [6.07, 6.45) is 1.93. The van der Waals surface area contributed by atoms with Crippen LogP contribution in [0.5, 0.6) is 5.88 Å². The van der Waals surface area contributed by atoms with Crippen molar-refractivity contribution in [2.24, 2.45) is 5.92 Å². The summed E-state index contributed by atoms with van der Waals surface area (Å²) in [6, 6.07) is 6.46. The molecule has 0 aliphatic carbocycles. The lowest BCUT2D eigenvalue weighted by Crippen LogP contribution is -2.15. The van der Waals surface area contributed by atoms with Crippen LogP contribution in [0.4, 0.5) is 0 Å². The van der Waals surface area contributed by atoms with Gasteiger partial charge in [0.25, 0.3) is 0 Å². The van der Waals surface area contributed by atoms with Gasteiger partial charge in [-0.2, -0.15) is 4.98 Å². The van der Waals surface area contributed by atoms with Crippen LogP contribution in [-0.4, -0.2) is 23.6 Å². The van der Waals surface area contributed by atoms with Crippen molar-refractivity contribution in [1.29, 1.82) is 0 Å². The van der Waals surface area contributed by atoms with E-state index < -0.39 is 0 Å². The predicted molar refractivity (Wildman–Crippen MR) is 104 cm³/mol.